The van der Waals surface area contributed by atoms with Gasteiger partial charge in [-0.3, -0.25) is 14.7 Å². The molecular formula is C23H30F3N5O. The van der Waals surface area contributed by atoms with Crippen molar-refractivity contribution in [2.24, 2.45) is 5.92 Å². The Morgan fingerprint density at radius 2 is 1.91 bits per heavy atom. The Kier molecular flexibility index (Phi) is 6.57. The van der Waals surface area contributed by atoms with Crippen molar-refractivity contribution in [3.63, 3.8) is 0 Å². The fourth-order valence-electron chi connectivity index (χ4n) is 4.80. The number of alkyl halides is 3. The standard InChI is InChI=1S/C23H30F3N5O/c1-16-12-17(28-21(32)15-30-10-8-29(2)9-11-30)14-31(13-16)20-6-5-19(23(24,25)26)22-18(20)4-3-7-27-22/h3-7,16-17H,8-15H2,1-2H3,(H,28,32)/t16-,17+/m0/s1. The van der Waals surface area contributed by atoms with Crippen molar-refractivity contribution in [3.05, 3.63) is 36.0 Å². The molecule has 2 aliphatic heterocycles. The van der Waals surface area contributed by atoms with Crippen LogP contribution in [0, 0.1) is 5.92 Å². The second-order valence-electron chi connectivity index (χ2n) is 9.12. The summed E-state index contributed by atoms with van der Waals surface area (Å²) in [5, 5.41) is 3.64. The van der Waals surface area contributed by atoms with Crippen LogP contribution in [0.15, 0.2) is 30.5 Å². The van der Waals surface area contributed by atoms with Gasteiger partial charge in [-0.05, 0) is 43.7 Å². The van der Waals surface area contributed by atoms with Crippen LogP contribution in [0.25, 0.3) is 10.9 Å². The maximum Gasteiger partial charge on any atom is 0.418 e. The lowest BCUT2D eigenvalue weighted by Crippen LogP contribution is -2.53. The monoisotopic (exact) mass is 449 g/mol. The van der Waals surface area contributed by atoms with Gasteiger partial charge in [-0.15, -0.1) is 0 Å². The zero-order valence-corrected chi connectivity index (χ0v) is 18.5. The summed E-state index contributed by atoms with van der Waals surface area (Å²) in [7, 11) is 2.08. The number of pyridine rings is 1. The topological polar surface area (TPSA) is 51.7 Å². The van der Waals surface area contributed by atoms with Crippen LogP contribution >= 0.6 is 0 Å². The van der Waals surface area contributed by atoms with E-state index in [2.05, 4.69) is 39.0 Å². The quantitative estimate of drug-likeness (QED) is 0.778. The molecule has 2 atom stereocenters. The number of nitrogens with zero attached hydrogens (tertiary/aromatic N) is 4. The van der Waals surface area contributed by atoms with Crippen LogP contribution in [0.2, 0.25) is 0 Å². The van der Waals surface area contributed by atoms with Crippen molar-refractivity contribution in [3.8, 4) is 0 Å². The Bertz CT molecular complexity index is 958. The van der Waals surface area contributed by atoms with Crippen LogP contribution in [0.3, 0.4) is 0 Å². The third-order valence-electron chi connectivity index (χ3n) is 6.38. The van der Waals surface area contributed by atoms with Crippen LogP contribution in [0.1, 0.15) is 18.9 Å². The van der Waals surface area contributed by atoms with Crippen molar-refractivity contribution >= 4 is 22.5 Å². The molecule has 0 radical (unpaired) electrons. The van der Waals surface area contributed by atoms with Crippen LogP contribution in [0.4, 0.5) is 18.9 Å². The SMILES string of the molecule is C[C@H]1C[C@@H](NC(=O)CN2CCN(C)CC2)CN(c2ccc(C(F)(F)F)c3ncccc23)C1. The number of piperidine rings is 1. The van der Waals surface area contributed by atoms with Gasteiger partial charge in [0.25, 0.3) is 0 Å². The summed E-state index contributed by atoms with van der Waals surface area (Å²) >= 11 is 0. The van der Waals surface area contributed by atoms with E-state index < -0.39 is 11.7 Å². The van der Waals surface area contributed by atoms with Crippen molar-refractivity contribution in [1.29, 1.82) is 0 Å². The molecule has 0 saturated carbocycles. The minimum atomic E-state index is -4.46. The Labute approximate surface area is 186 Å². The molecule has 32 heavy (non-hydrogen) atoms. The van der Waals surface area contributed by atoms with Crippen LogP contribution in [0.5, 0.6) is 0 Å². The average Bonchev–Trinajstić information content (AvgIpc) is 2.73. The maximum absolute atomic E-state index is 13.5. The number of rotatable bonds is 4. The number of carbonyl (C=O) groups is 1. The molecule has 3 heterocycles. The van der Waals surface area contributed by atoms with Gasteiger partial charge in [0.2, 0.25) is 5.91 Å². The number of carbonyl (C=O) groups excluding carboxylic acids is 1. The van der Waals surface area contributed by atoms with E-state index in [0.29, 0.717) is 24.4 Å². The molecule has 2 aromatic rings. The first-order valence-electron chi connectivity index (χ1n) is 11.1. The molecule has 1 N–H and O–H groups in total. The van der Waals surface area contributed by atoms with E-state index in [4.69, 9.17) is 0 Å². The molecule has 0 spiro atoms. The lowest BCUT2D eigenvalue weighted by atomic mass is 9.94. The summed E-state index contributed by atoms with van der Waals surface area (Å²) in [6.07, 6.45) is -2.22. The minimum absolute atomic E-state index is 0.00699. The van der Waals surface area contributed by atoms with E-state index in [1.165, 1.54) is 12.3 Å². The number of likely N-dealkylation sites (N-methyl/N-ethyl adjacent to an activating group) is 1. The summed E-state index contributed by atoms with van der Waals surface area (Å²) < 4.78 is 40.4. The second kappa shape index (κ2) is 9.23. The predicted octanol–water partition coefficient (Wildman–Crippen LogP) is 2.83. The largest absolute Gasteiger partial charge is 0.418 e. The van der Waals surface area contributed by atoms with Crippen molar-refractivity contribution < 1.29 is 18.0 Å². The minimum Gasteiger partial charge on any atom is -0.369 e. The van der Waals surface area contributed by atoms with Gasteiger partial charge >= 0.3 is 6.18 Å². The summed E-state index contributed by atoms with van der Waals surface area (Å²) in [5.41, 5.74) is -0.0312. The summed E-state index contributed by atoms with van der Waals surface area (Å²) in [5.74, 6) is 0.305. The first kappa shape index (κ1) is 22.8. The normalized spacial score (nSPS) is 23.5. The van der Waals surface area contributed by atoms with Crippen LogP contribution in [-0.4, -0.2) is 79.6 Å². The number of anilines is 1. The van der Waals surface area contributed by atoms with Crippen LogP contribution < -0.4 is 10.2 Å². The molecule has 1 aromatic carbocycles. The van der Waals surface area contributed by atoms with E-state index in [0.717, 1.165) is 50.9 Å². The number of fused-ring (bicyclic) bond motifs is 1. The zero-order valence-electron chi connectivity index (χ0n) is 18.5. The van der Waals surface area contributed by atoms with Gasteiger partial charge in [0.1, 0.15) is 0 Å². The van der Waals surface area contributed by atoms with Crippen molar-refractivity contribution in [2.75, 3.05) is 57.8 Å². The van der Waals surface area contributed by atoms with E-state index in [1.807, 2.05) is 0 Å². The first-order chi connectivity index (χ1) is 15.2. The van der Waals surface area contributed by atoms with Gasteiger partial charge in [-0.1, -0.05) is 6.92 Å². The average molecular weight is 450 g/mol. The number of hydrogen-bond acceptors (Lipinski definition) is 5. The highest BCUT2D eigenvalue weighted by molar-refractivity contribution is 5.94. The highest BCUT2D eigenvalue weighted by atomic mass is 19.4. The summed E-state index contributed by atoms with van der Waals surface area (Å²) in [6.45, 7) is 7.44. The van der Waals surface area contributed by atoms with Gasteiger partial charge in [-0.2, -0.15) is 13.2 Å². The fraction of sp³-hybridized carbons (Fsp3) is 0.565. The van der Waals surface area contributed by atoms with Gasteiger partial charge in [0, 0.05) is 62.6 Å². The van der Waals surface area contributed by atoms with Crippen LogP contribution in [-0.2, 0) is 11.0 Å². The Morgan fingerprint density at radius 1 is 1.16 bits per heavy atom. The lowest BCUT2D eigenvalue weighted by molar-refractivity contribution is -0.136. The second-order valence-corrected chi connectivity index (χ2v) is 9.12. The molecule has 6 nitrogen and oxygen atoms in total. The third-order valence-corrected chi connectivity index (χ3v) is 6.38. The Balaban J connectivity index is 1.49. The van der Waals surface area contributed by atoms with Gasteiger partial charge in [0.05, 0.1) is 17.6 Å². The van der Waals surface area contributed by atoms with Gasteiger partial charge < -0.3 is 15.1 Å². The molecule has 1 aromatic heterocycles. The van der Waals surface area contributed by atoms with E-state index in [1.54, 1.807) is 12.1 Å². The van der Waals surface area contributed by atoms with Crippen molar-refractivity contribution in [2.45, 2.75) is 25.6 Å². The Morgan fingerprint density at radius 3 is 2.62 bits per heavy atom. The molecule has 0 bridgehead atoms. The molecule has 2 fully saturated rings. The molecule has 0 aliphatic carbocycles. The van der Waals surface area contributed by atoms with E-state index >= 15 is 0 Å². The number of nitrogens with one attached hydrogen (secondary N) is 1. The molecule has 2 aliphatic rings. The number of halogens is 3. The number of piperazine rings is 1. The third kappa shape index (κ3) is 5.15. The summed E-state index contributed by atoms with van der Waals surface area (Å²) in [4.78, 5) is 23.2. The number of amides is 1. The maximum atomic E-state index is 13.5. The fourth-order valence-corrected chi connectivity index (χ4v) is 4.80. The van der Waals surface area contributed by atoms with E-state index in [-0.39, 0.29) is 17.5 Å². The molecule has 1 amide bonds. The highest BCUT2D eigenvalue weighted by Crippen LogP contribution is 2.38. The molecule has 0 unspecified atom stereocenters. The molecule has 174 valence electrons. The van der Waals surface area contributed by atoms with E-state index in [9.17, 15) is 18.0 Å². The highest BCUT2D eigenvalue weighted by Gasteiger charge is 2.35. The first-order valence-corrected chi connectivity index (χ1v) is 11.1. The number of aromatic nitrogens is 1. The Hall–Kier alpha value is -2.39. The number of hydrogen-bond donors (Lipinski definition) is 1. The molecule has 9 heteroatoms. The molecule has 4 rings (SSSR count). The smallest absolute Gasteiger partial charge is 0.369 e. The predicted molar refractivity (Wildman–Crippen MR) is 119 cm³/mol. The van der Waals surface area contributed by atoms with Gasteiger partial charge in [0.15, 0.2) is 0 Å². The van der Waals surface area contributed by atoms with Crippen molar-refractivity contribution in [1.82, 2.24) is 20.1 Å². The van der Waals surface area contributed by atoms with Gasteiger partial charge in [-0.25, -0.2) is 0 Å². The molecular weight excluding hydrogens is 419 g/mol. The molecule has 2 saturated heterocycles. The lowest BCUT2D eigenvalue weighted by Gasteiger charge is -2.39. The summed E-state index contributed by atoms with van der Waals surface area (Å²) in [6, 6.07) is 5.95. The zero-order chi connectivity index (χ0) is 22.9. The number of benzene rings is 1.